The van der Waals surface area contributed by atoms with Crippen molar-refractivity contribution in [2.75, 3.05) is 13.7 Å². The first-order chi connectivity index (χ1) is 15.5. The molecular formula is C24H19BrN2O5. The fourth-order valence-electron chi connectivity index (χ4n) is 3.35. The van der Waals surface area contributed by atoms with Crippen LogP contribution in [0.1, 0.15) is 11.1 Å². The van der Waals surface area contributed by atoms with Gasteiger partial charge in [-0.05, 0) is 40.6 Å². The number of hydrogen-bond donors (Lipinski definition) is 1. The summed E-state index contributed by atoms with van der Waals surface area (Å²) < 4.78 is 11.6. The van der Waals surface area contributed by atoms with Crippen molar-refractivity contribution >= 4 is 50.7 Å². The van der Waals surface area contributed by atoms with Crippen LogP contribution in [0.3, 0.4) is 0 Å². The number of nitrogens with one attached hydrogen (secondary N) is 1. The van der Waals surface area contributed by atoms with E-state index in [4.69, 9.17) is 4.74 Å². The van der Waals surface area contributed by atoms with Gasteiger partial charge in [0.1, 0.15) is 24.6 Å². The molecule has 0 spiro atoms. The van der Waals surface area contributed by atoms with E-state index in [-0.39, 0.29) is 5.70 Å². The number of nitrogens with zero attached hydrogens (tertiary/aromatic N) is 1. The summed E-state index contributed by atoms with van der Waals surface area (Å²) in [6.45, 7) is -0.127. The molecule has 0 atom stereocenters. The maximum absolute atomic E-state index is 12.8. The third kappa shape index (κ3) is 4.50. The van der Waals surface area contributed by atoms with E-state index in [0.717, 1.165) is 25.7 Å². The lowest BCUT2D eigenvalue weighted by molar-refractivity contribution is -0.143. The largest absolute Gasteiger partial charge is 0.488 e. The van der Waals surface area contributed by atoms with Crippen LogP contribution in [0.25, 0.3) is 16.8 Å². The van der Waals surface area contributed by atoms with Crippen molar-refractivity contribution in [1.29, 1.82) is 0 Å². The van der Waals surface area contributed by atoms with Crippen LogP contribution in [0, 0.1) is 0 Å². The second-order valence-corrected chi connectivity index (χ2v) is 7.98. The van der Waals surface area contributed by atoms with Crippen LogP contribution in [0.15, 0.2) is 70.8 Å². The number of methoxy groups -OCH3 is 1. The van der Waals surface area contributed by atoms with E-state index >= 15 is 0 Å². The first-order valence-corrected chi connectivity index (χ1v) is 10.6. The van der Waals surface area contributed by atoms with Crippen molar-refractivity contribution in [3.8, 4) is 5.75 Å². The molecule has 4 rings (SSSR count). The van der Waals surface area contributed by atoms with Gasteiger partial charge in [0.2, 0.25) is 0 Å². The molecule has 32 heavy (non-hydrogen) atoms. The van der Waals surface area contributed by atoms with Crippen LogP contribution in [-0.4, -0.2) is 36.5 Å². The zero-order valence-electron chi connectivity index (χ0n) is 17.1. The molecule has 1 fully saturated rings. The second-order valence-electron chi connectivity index (χ2n) is 7.07. The summed E-state index contributed by atoms with van der Waals surface area (Å²) in [6.07, 6.45) is 1.58. The molecule has 0 bridgehead atoms. The Kier molecular flexibility index (Phi) is 6.23. The molecule has 0 radical (unpaired) electrons. The molecule has 1 N–H and O–H groups in total. The van der Waals surface area contributed by atoms with Gasteiger partial charge in [0.15, 0.2) is 0 Å². The molecule has 7 nitrogen and oxygen atoms in total. The molecule has 3 aromatic carbocycles. The van der Waals surface area contributed by atoms with Crippen LogP contribution in [0.5, 0.6) is 5.75 Å². The maximum Gasteiger partial charge on any atom is 0.329 e. The maximum atomic E-state index is 12.8. The fourth-order valence-corrected chi connectivity index (χ4v) is 3.61. The minimum absolute atomic E-state index is 0.0590. The number of benzene rings is 3. The standard InChI is InChI=1S/C24H19BrN2O5/c1-31-22(28)13-27-23(29)20(26-24(27)30)12-19-18-5-3-2-4-16(18)8-11-21(19)32-14-15-6-9-17(25)10-7-15/h2-12H,13-14H2,1H3,(H,26,30)/b20-12+. The Morgan fingerprint density at radius 3 is 2.56 bits per heavy atom. The number of carbonyl (C=O) groups excluding carboxylic acids is 3. The van der Waals surface area contributed by atoms with Crippen LogP contribution in [-0.2, 0) is 20.9 Å². The Hall–Kier alpha value is -3.65. The van der Waals surface area contributed by atoms with Gasteiger partial charge in [0.05, 0.1) is 7.11 Å². The molecular weight excluding hydrogens is 476 g/mol. The number of rotatable bonds is 6. The highest BCUT2D eigenvalue weighted by atomic mass is 79.9. The van der Waals surface area contributed by atoms with Crippen molar-refractivity contribution in [2.45, 2.75) is 6.61 Å². The SMILES string of the molecule is COC(=O)CN1C(=O)N/C(=C/c2c(OCc3ccc(Br)cc3)ccc3ccccc23)C1=O. The van der Waals surface area contributed by atoms with E-state index < -0.39 is 24.5 Å². The van der Waals surface area contributed by atoms with Crippen molar-refractivity contribution in [3.05, 3.63) is 82.0 Å². The Morgan fingerprint density at radius 1 is 1.06 bits per heavy atom. The summed E-state index contributed by atoms with van der Waals surface area (Å²) in [5, 5.41) is 4.35. The minimum Gasteiger partial charge on any atom is -0.488 e. The zero-order chi connectivity index (χ0) is 22.7. The lowest BCUT2D eigenvalue weighted by atomic mass is 10.0. The zero-order valence-corrected chi connectivity index (χ0v) is 18.7. The number of imide groups is 1. The number of esters is 1. The summed E-state index contributed by atoms with van der Waals surface area (Å²) in [7, 11) is 1.20. The lowest BCUT2D eigenvalue weighted by Crippen LogP contribution is -2.36. The second kappa shape index (κ2) is 9.23. The highest BCUT2D eigenvalue weighted by Crippen LogP contribution is 2.31. The molecule has 0 saturated carbocycles. The van der Waals surface area contributed by atoms with Gasteiger partial charge in [-0.2, -0.15) is 0 Å². The topological polar surface area (TPSA) is 84.9 Å². The number of amides is 3. The molecule has 0 unspecified atom stereocenters. The first-order valence-electron chi connectivity index (χ1n) is 9.76. The van der Waals surface area contributed by atoms with Gasteiger partial charge < -0.3 is 14.8 Å². The Bertz CT molecular complexity index is 1240. The van der Waals surface area contributed by atoms with E-state index in [9.17, 15) is 14.4 Å². The van der Waals surface area contributed by atoms with E-state index in [1.54, 1.807) is 6.08 Å². The van der Waals surface area contributed by atoms with Gasteiger partial charge in [-0.1, -0.05) is 58.4 Å². The van der Waals surface area contributed by atoms with Crippen LogP contribution in [0.4, 0.5) is 4.79 Å². The molecule has 0 aliphatic carbocycles. The molecule has 1 aliphatic rings. The molecule has 0 aromatic heterocycles. The molecule has 1 heterocycles. The van der Waals surface area contributed by atoms with Gasteiger partial charge in [0.25, 0.3) is 5.91 Å². The smallest absolute Gasteiger partial charge is 0.329 e. The van der Waals surface area contributed by atoms with E-state index in [1.165, 1.54) is 7.11 Å². The predicted molar refractivity (Wildman–Crippen MR) is 123 cm³/mol. The van der Waals surface area contributed by atoms with E-state index in [1.807, 2.05) is 60.7 Å². The molecule has 3 aromatic rings. The van der Waals surface area contributed by atoms with Gasteiger partial charge in [-0.3, -0.25) is 9.59 Å². The number of urea groups is 1. The average Bonchev–Trinajstić information content (AvgIpc) is 3.06. The minimum atomic E-state index is -0.682. The van der Waals surface area contributed by atoms with Crippen LogP contribution >= 0.6 is 15.9 Å². The van der Waals surface area contributed by atoms with Crippen molar-refractivity contribution in [1.82, 2.24) is 10.2 Å². The van der Waals surface area contributed by atoms with Gasteiger partial charge in [-0.25, -0.2) is 9.69 Å². The number of carbonyl (C=O) groups is 3. The number of fused-ring (bicyclic) bond motifs is 1. The van der Waals surface area contributed by atoms with Gasteiger partial charge in [0, 0.05) is 10.0 Å². The first kappa shape index (κ1) is 21.6. The quantitative estimate of drug-likeness (QED) is 0.314. The van der Waals surface area contributed by atoms with E-state index in [2.05, 4.69) is 26.0 Å². The van der Waals surface area contributed by atoms with Crippen molar-refractivity contribution < 1.29 is 23.9 Å². The lowest BCUT2D eigenvalue weighted by Gasteiger charge is -2.13. The molecule has 1 aliphatic heterocycles. The number of ether oxygens (including phenoxy) is 2. The van der Waals surface area contributed by atoms with Gasteiger partial charge >= 0.3 is 12.0 Å². The Morgan fingerprint density at radius 2 is 1.81 bits per heavy atom. The normalized spacial score (nSPS) is 14.7. The summed E-state index contributed by atoms with van der Waals surface area (Å²) >= 11 is 3.42. The molecule has 8 heteroatoms. The molecule has 3 amide bonds. The summed E-state index contributed by atoms with van der Waals surface area (Å²) in [6, 6.07) is 18.6. The summed E-state index contributed by atoms with van der Waals surface area (Å²) in [5.74, 6) is -0.724. The highest BCUT2D eigenvalue weighted by molar-refractivity contribution is 9.10. The Labute approximate surface area is 192 Å². The highest BCUT2D eigenvalue weighted by Gasteiger charge is 2.35. The Balaban J connectivity index is 1.69. The molecule has 162 valence electrons. The third-order valence-corrected chi connectivity index (χ3v) is 5.53. The van der Waals surface area contributed by atoms with Crippen LogP contribution < -0.4 is 10.1 Å². The fraction of sp³-hybridized carbons (Fsp3) is 0.125. The third-order valence-electron chi connectivity index (χ3n) is 5.00. The number of halogens is 1. The average molecular weight is 495 g/mol. The van der Waals surface area contributed by atoms with Crippen LogP contribution in [0.2, 0.25) is 0 Å². The van der Waals surface area contributed by atoms with Crippen molar-refractivity contribution in [3.63, 3.8) is 0 Å². The number of hydrogen-bond acceptors (Lipinski definition) is 5. The molecule has 1 saturated heterocycles. The van der Waals surface area contributed by atoms with E-state index in [0.29, 0.717) is 17.9 Å². The predicted octanol–water partition coefficient (Wildman–Crippen LogP) is 4.25. The summed E-state index contributed by atoms with van der Waals surface area (Å²) in [5.41, 5.74) is 1.70. The summed E-state index contributed by atoms with van der Waals surface area (Å²) in [4.78, 5) is 37.4. The van der Waals surface area contributed by atoms with Crippen molar-refractivity contribution in [2.24, 2.45) is 0 Å². The van der Waals surface area contributed by atoms with Gasteiger partial charge in [-0.15, -0.1) is 0 Å². The monoisotopic (exact) mass is 494 g/mol.